The summed E-state index contributed by atoms with van der Waals surface area (Å²) in [7, 11) is 1.66. The van der Waals surface area contributed by atoms with Gasteiger partial charge in [0, 0.05) is 24.7 Å². The Morgan fingerprint density at radius 1 is 0.846 bits per heavy atom. The minimum atomic E-state index is -0.0988. The van der Waals surface area contributed by atoms with Crippen LogP contribution >= 0.6 is 0 Å². The van der Waals surface area contributed by atoms with Crippen molar-refractivity contribution in [2.75, 3.05) is 12.4 Å². The van der Waals surface area contributed by atoms with Crippen LogP contribution in [0, 0.1) is 0 Å². The fraction of sp³-hybridized carbons (Fsp3) is 0.364. The molecule has 0 saturated carbocycles. The van der Waals surface area contributed by atoms with E-state index in [4.69, 9.17) is 0 Å². The Hall–Kier alpha value is -2.62. The van der Waals surface area contributed by atoms with Crippen molar-refractivity contribution in [2.45, 2.75) is 46.0 Å². The highest BCUT2D eigenvalue weighted by Gasteiger charge is 2.05. The van der Waals surface area contributed by atoms with Gasteiger partial charge in [-0.3, -0.25) is 9.59 Å². The molecule has 0 aliphatic heterocycles. The summed E-state index contributed by atoms with van der Waals surface area (Å²) in [5.41, 5.74) is 2.66. The molecular formula is C22H30N2O2. The van der Waals surface area contributed by atoms with E-state index in [1.807, 2.05) is 68.4 Å². The molecule has 0 heterocycles. The van der Waals surface area contributed by atoms with E-state index in [-0.39, 0.29) is 11.8 Å². The average molecular weight is 354 g/mol. The quantitative estimate of drug-likeness (QED) is 0.668. The third-order valence-corrected chi connectivity index (χ3v) is 3.90. The summed E-state index contributed by atoms with van der Waals surface area (Å²) in [4.78, 5) is 23.3. The van der Waals surface area contributed by atoms with Crippen molar-refractivity contribution in [3.8, 4) is 0 Å². The van der Waals surface area contributed by atoms with Crippen LogP contribution in [0.4, 0.5) is 5.69 Å². The molecule has 0 saturated heterocycles. The zero-order valence-corrected chi connectivity index (χ0v) is 16.0. The van der Waals surface area contributed by atoms with Gasteiger partial charge in [0.1, 0.15) is 0 Å². The molecule has 0 aliphatic carbocycles. The number of para-hydroxylation sites is 1. The smallest absolute Gasteiger partial charge is 0.255 e. The third-order valence-electron chi connectivity index (χ3n) is 3.90. The van der Waals surface area contributed by atoms with Gasteiger partial charge in [0.15, 0.2) is 0 Å². The van der Waals surface area contributed by atoms with Crippen molar-refractivity contribution < 1.29 is 9.59 Å². The number of rotatable bonds is 8. The normalized spacial score (nSPS) is 9.65. The second-order valence-electron chi connectivity index (χ2n) is 5.75. The molecule has 2 N–H and O–H groups in total. The van der Waals surface area contributed by atoms with E-state index >= 15 is 0 Å². The van der Waals surface area contributed by atoms with Crippen LogP contribution in [0.2, 0.25) is 0 Å². The molecule has 0 fully saturated rings. The van der Waals surface area contributed by atoms with Gasteiger partial charge in [0.05, 0.1) is 0 Å². The maximum absolute atomic E-state index is 12.2. The van der Waals surface area contributed by atoms with E-state index in [0.717, 1.165) is 31.4 Å². The average Bonchev–Trinajstić information content (AvgIpc) is 2.70. The molecule has 0 radical (unpaired) electrons. The van der Waals surface area contributed by atoms with Gasteiger partial charge < -0.3 is 10.6 Å². The molecule has 0 unspecified atom stereocenters. The lowest BCUT2D eigenvalue weighted by molar-refractivity contribution is -0.120. The Morgan fingerprint density at radius 3 is 2.12 bits per heavy atom. The summed E-state index contributed by atoms with van der Waals surface area (Å²) in [6, 6.07) is 17.1. The minimum absolute atomic E-state index is 0.0988. The molecule has 0 bridgehead atoms. The number of unbranched alkanes of at least 4 members (excludes halogenated alkanes) is 2. The number of anilines is 1. The zero-order valence-electron chi connectivity index (χ0n) is 16.0. The maximum atomic E-state index is 12.2. The molecule has 26 heavy (non-hydrogen) atoms. The monoisotopic (exact) mass is 354 g/mol. The summed E-state index contributed by atoms with van der Waals surface area (Å²) in [5.74, 6) is 0.00195. The highest BCUT2D eigenvalue weighted by molar-refractivity contribution is 6.04. The first-order chi connectivity index (χ1) is 12.7. The molecule has 0 aromatic heterocycles. The van der Waals surface area contributed by atoms with Crippen LogP contribution in [-0.2, 0) is 11.2 Å². The molecule has 2 rings (SSSR count). The van der Waals surface area contributed by atoms with Crippen molar-refractivity contribution in [1.29, 1.82) is 0 Å². The SMILES string of the molecule is CC.CNC(=O)CCCCCc1ccc(C(=O)Nc2ccccc2)cc1. The summed E-state index contributed by atoms with van der Waals surface area (Å²) in [6.07, 6.45) is 4.55. The Labute approximate surface area is 157 Å². The predicted molar refractivity (Wildman–Crippen MR) is 108 cm³/mol. The molecule has 0 spiro atoms. The molecular weight excluding hydrogens is 324 g/mol. The number of carbonyl (C=O) groups excluding carboxylic acids is 2. The van der Waals surface area contributed by atoms with Gasteiger partial charge in [-0.2, -0.15) is 0 Å². The van der Waals surface area contributed by atoms with Gasteiger partial charge in [-0.05, 0) is 49.1 Å². The van der Waals surface area contributed by atoms with Gasteiger partial charge in [-0.15, -0.1) is 0 Å². The van der Waals surface area contributed by atoms with E-state index < -0.39 is 0 Å². The third kappa shape index (κ3) is 7.97. The Balaban J connectivity index is 0.00000163. The summed E-state index contributed by atoms with van der Waals surface area (Å²) in [6.45, 7) is 4.00. The zero-order chi connectivity index (χ0) is 19.2. The molecule has 4 heteroatoms. The van der Waals surface area contributed by atoms with Crippen LogP contribution in [0.1, 0.15) is 55.5 Å². The molecule has 4 nitrogen and oxygen atoms in total. The van der Waals surface area contributed by atoms with Crippen molar-refractivity contribution in [3.63, 3.8) is 0 Å². The van der Waals surface area contributed by atoms with E-state index in [2.05, 4.69) is 10.6 Å². The lowest BCUT2D eigenvalue weighted by Gasteiger charge is -2.06. The standard InChI is InChI=1S/C20H24N2O2.C2H6/c1-21-19(23)11-7-2-4-8-16-12-14-17(15-13-16)20(24)22-18-9-5-3-6-10-18;1-2/h3,5-6,9-10,12-15H,2,4,7-8,11H2,1H3,(H,21,23)(H,22,24);1-2H3. The highest BCUT2D eigenvalue weighted by atomic mass is 16.2. The van der Waals surface area contributed by atoms with Crippen LogP contribution in [0.15, 0.2) is 54.6 Å². The van der Waals surface area contributed by atoms with Gasteiger partial charge in [-0.25, -0.2) is 0 Å². The maximum Gasteiger partial charge on any atom is 0.255 e. The first kappa shape index (κ1) is 21.4. The van der Waals surface area contributed by atoms with Crippen molar-refractivity contribution in [1.82, 2.24) is 5.32 Å². The Morgan fingerprint density at radius 2 is 1.50 bits per heavy atom. The molecule has 2 aromatic carbocycles. The fourth-order valence-corrected chi connectivity index (χ4v) is 2.46. The van der Waals surface area contributed by atoms with Gasteiger partial charge in [-0.1, -0.05) is 50.6 Å². The van der Waals surface area contributed by atoms with E-state index in [0.29, 0.717) is 12.0 Å². The first-order valence-electron chi connectivity index (χ1n) is 9.35. The van der Waals surface area contributed by atoms with Gasteiger partial charge in [0.25, 0.3) is 5.91 Å². The molecule has 0 atom stereocenters. The molecule has 140 valence electrons. The predicted octanol–water partition coefficient (Wildman–Crippen LogP) is 4.81. The first-order valence-corrected chi connectivity index (χ1v) is 9.35. The summed E-state index contributed by atoms with van der Waals surface area (Å²) < 4.78 is 0. The summed E-state index contributed by atoms with van der Waals surface area (Å²) >= 11 is 0. The number of benzene rings is 2. The van der Waals surface area contributed by atoms with Crippen molar-refractivity contribution in [2.24, 2.45) is 0 Å². The van der Waals surface area contributed by atoms with Crippen LogP contribution in [0.3, 0.4) is 0 Å². The van der Waals surface area contributed by atoms with Crippen LogP contribution in [-0.4, -0.2) is 18.9 Å². The molecule has 2 aromatic rings. The van der Waals surface area contributed by atoms with Crippen LogP contribution < -0.4 is 10.6 Å². The Kier molecular flexibility index (Phi) is 10.5. The van der Waals surface area contributed by atoms with E-state index in [1.165, 1.54) is 5.56 Å². The van der Waals surface area contributed by atoms with E-state index in [1.54, 1.807) is 7.05 Å². The van der Waals surface area contributed by atoms with Crippen LogP contribution in [0.5, 0.6) is 0 Å². The lowest BCUT2D eigenvalue weighted by atomic mass is 10.0. The number of hydrogen-bond donors (Lipinski definition) is 2. The van der Waals surface area contributed by atoms with E-state index in [9.17, 15) is 9.59 Å². The van der Waals surface area contributed by atoms with Crippen molar-refractivity contribution >= 4 is 17.5 Å². The highest BCUT2D eigenvalue weighted by Crippen LogP contribution is 2.12. The molecule has 0 aliphatic rings. The number of hydrogen-bond acceptors (Lipinski definition) is 2. The number of amides is 2. The largest absolute Gasteiger partial charge is 0.359 e. The van der Waals surface area contributed by atoms with Gasteiger partial charge >= 0.3 is 0 Å². The second kappa shape index (κ2) is 12.7. The number of nitrogens with one attached hydrogen (secondary N) is 2. The summed E-state index contributed by atoms with van der Waals surface area (Å²) in [5, 5.41) is 5.51. The van der Waals surface area contributed by atoms with Crippen LogP contribution in [0.25, 0.3) is 0 Å². The Bertz CT molecular complexity index is 652. The number of carbonyl (C=O) groups is 2. The number of aryl methyl sites for hydroxylation is 1. The molecule has 2 amide bonds. The van der Waals surface area contributed by atoms with Crippen molar-refractivity contribution in [3.05, 3.63) is 65.7 Å². The fourth-order valence-electron chi connectivity index (χ4n) is 2.46. The lowest BCUT2D eigenvalue weighted by Crippen LogP contribution is -2.16. The second-order valence-corrected chi connectivity index (χ2v) is 5.75. The topological polar surface area (TPSA) is 58.2 Å². The minimum Gasteiger partial charge on any atom is -0.359 e. The van der Waals surface area contributed by atoms with Gasteiger partial charge in [0.2, 0.25) is 5.91 Å².